The summed E-state index contributed by atoms with van der Waals surface area (Å²) in [6.07, 6.45) is 8.30. The van der Waals surface area contributed by atoms with Crippen LogP contribution in [0.3, 0.4) is 0 Å². The van der Waals surface area contributed by atoms with Crippen molar-refractivity contribution in [2.24, 2.45) is 11.7 Å². The van der Waals surface area contributed by atoms with Crippen molar-refractivity contribution in [1.29, 1.82) is 0 Å². The zero-order valence-electron chi connectivity index (χ0n) is 10.1. The first kappa shape index (κ1) is 15.4. The number of nitrogens with two attached hydrogens (primary N) is 1. The highest BCUT2D eigenvalue weighted by Gasteiger charge is 2.09. The molecule has 2 N–H and O–H groups in total. The fraction of sp³-hybridized carbons (Fsp3) is 1.00. The molecule has 0 saturated heterocycles. The Morgan fingerprint density at radius 2 is 1.38 bits per heavy atom. The number of rotatable bonds is 1. The molecule has 0 amide bonds. The van der Waals surface area contributed by atoms with Gasteiger partial charge in [-0.25, -0.2) is 0 Å². The van der Waals surface area contributed by atoms with Crippen molar-refractivity contribution in [3.8, 4) is 0 Å². The molecule has 0 spiro atoms. The highest BCUT2D eigenvalue weighted by Crippen LogP contribution is 2.21. The van der Waals surface area contributed by atoms with Gasteiger partial charge in [0.15, 0.2) is 0 Å². The first-order valence-corrected chi connectivity index (χ1v) is 6.05. The quantitative estimate of drug-likeness (QED) is 0.660. The van der Waals surface area contributed by atoms with Crippen LogP contribution in [0.1, 0.15) is 66.2 Å². The number of hydrogen-bond donors (Lipinski definition) is 1. The van der Waals surface area contributed by atoms with Crippen molar-refractivity contribution in [2.45, 2.75) is 66.2 Å². The first-order valence-electron chi connectivity index (χ1n) is 6.05. The molecule has 13 heavy (non-hydrogen) atoms. The van der Waals surface area contributed by atoms with Crippen LogP contribution in [0.5, 0.6) is 0 Å². The molecule has 0 aromatic heterocycles. The molecule has 1 heteroatoms. The van der Waals surface area contributed by atoms with Crippen LogP contribution in [0.15, 0.2) is 0 Å². The van der Waals surface area contributed by atoms with Gasteiger partial charge in [-0.1, -0.05) is 53.4 Å². The van der Waals surface area contributed by atoms with Crippen LogP contribution < -0.4 is 5.73 Å². The third-order valence-corrected chi connectivity index (χ3v) is 2.06. The molecule has 1 nitrogen and oxygen atoms in total. The summed E-state index contributed by atoms with van der Waals surface area (Å²) in [5.74, 6) is 0.865. The lowest BCUT2D eigenvalue weighted by Crippen LogP contribution is -2.16. The zero-order valence-corrected chi connectivity index (χ0v) is 10.1. The Balaban J connectivity index is 0. The van der Waals surface area contributed by atoms with Gasteiger partial charge in [0.25, 0.3) is 0 Å². The average Bonchev–Trinajstić information content (AvgIpc) is 2.23. The van der Waals surface area contributed by atoms with Crippen LogP contribution in [0.2, 0.25) is 0 Å². The minimum atomic E-state index is 0.865. The molecular weight excluding hydrogens is 158 g/mol. The minimum absolute atomic E-state index is 0.865. The van der Waals surface area contributed by atoms with Gasteiger partial charge in [-0.15, -0.1) is 0 Å². The van der Waals surface area contributed by atoms with Gasteiger partial charge in [0.05, 0.1) is 0 Å². The lowest BCUT2D eigenvalue weighted by atomic mass is 9.90. The standard InChI is InChI=1S/C7H15N.C3H8.C2H6/c8-6-7-4-2-1-3-5-7;1-3-2;1-2/h7H,1-6,8H2;3H2,1-2H3;1-2H3. The Labute approximate surface area is 85.1 Å². The molecular formula is C12H29N. The summed E-state index contributed by atoms with van der Waals surface area (Å²) in [4.78, 5) is 0. The second-order valence-corrected chi connectivity index (χ2v) is 3.45. The van der Waals surface area contributed by atoms with Crippen molar-refractivity contribution in [3.05, 3.63) is 0 Å². The summed E-state index contributed by atoms with van der Waals surface area (Å²) >= 11 is 0. The lowest BCUT2D eigenvalue weighted by molar-refractivity contribution is 0.366. The molecule has 0 bridgehead atoms. The van der Waals surface area contributed by atoms with Crippen molar-refractivity contribution >= 4 is 0 Å². The Hall–Kier alpha value is -0.0400. The van der Waals surface area contributed by atoms with E-state index in [0.29, 0.717) is 0 Å². The van der Waals surface area contributed by atoms with E-state index in [1.807, 2.05) is 13.8 Å². The maximum atomic E-state index is 5.50. The molecule has 1 aliphatic rings. The largest absolute Gasteiger partial charge is 0.330 e. The predicted molar refractivity (Wildman–Crippen MR) is 62.9 cm³/mol. The van der Waals surface area contributed by atoms with Crippen LogP contribution in [0.4, 0.5) is 0 Å². The van der Waals surface area contributed by atoms with Gasteiger partial charge in [0.1, 0.15) is 0 Å². The Bertz CT molecular complexity index is 65.5. The lowest BCUT2D eigenvalue weighted by Gasteiger charge is -2.18. The predicted octanol–water partition coefficient (Wildman–Crippen LogP) is 3.97. The van der Waals surface area contributed by atoms with Crippen LogP contribution in [-0.2, 0) is 0 Å². The smallest absolute Gasteiger partial charge is 0.00489 e. The molecule has 0 aromatic rings. The van der Waals surface area contributed by atoms with Crippen LogP contribution in [0.25, 0.3) is 0 Å². The SMILES string of the molecule is CC.CCC.NCC1CCCCC1. The minimum Gasteiger partial charge on any atom is -0.330 e. The number of hydrogen-bond acceptors (Lipinski definition) is 1. The van der Waals surface area contributed by atoms with Crippen LogP contribution >= 0.6 is 0 Å². The molecule has 1 fully saturated rings. The third kappa shape index (κ3) is 12.0. The van der Waals surface area contributed by atoms with Gasteiger partial charge in [-0.05, 0) is 25.3 Å². The summed E-state index contributed by atoms with van der Waals surface area (Å²) in [7, 11) is 0. The van der Waals surface area contributed by atoms with Crippen molar-refractivity contribution in [3.63, 3.8) is 0 Å². The molecule has 0 unspecified atom stereocenters. The summed E-state index contributed by atoms with van der Waals surface area (Å²) in [6.45, 7) is 9.17. The van der Waals surface area contributed by atoms with E-state index in [2.05, 4.69) is 13.8 Å². The van der Waals surface area contributed by atoms with Gasteiger partial charge >= 0.3 is 0 Å². The first-order chi connectivity index (χ1) is 6.35. The fourth-order valence-corrected chi connectivity index (χ4v) is 1.42. The van der Waals surface area contributed by atoms with E-state index < -0.39 is 0 Å². The van der Waals surface area contributed by atoms with Gasteiger partial charge in [0.2, 0.25) is 0 Å². The average molecular weight is 187 g/mol. The van der Waals surface area contributed by atoms with E-state index in [1.54, 1.807) is 0 Å². The van der Waals surface area contributed by atoms with E-state index in [0.717, 1.165) is 12.5 Å². The Morgan fingerprint density at radius 1 is 1.00 bits per heavy atom. The topological polar surface area (TPSA) is 26.0 Å². The van der Waals surface area contributed by atoms with Gasteiger partial charge in [-0.3, -0.25) is 0 Å². The zero-order chi connectivity index (χ0) is 10.5. The summed E-state index contributed by atoms with van der Waals surface area (Å²) in [6, 6.07) is 0. The summed E-state index contributed by atoms with van der Waals surface area (Å²) < 4.78 is 0. The highest BCUT2D eigenvalue weighted by molar-refractivity contribution is 4.65. The molecule has 82 valence electrons. The van der Waals surface area contributed by atoms with E-state index in [-0.39, 0.29) is 0 Å². The maximum absolute atomic E-state index is 5.50. The van der Waals surface area contributed by atoms with Crippen LogP contribution in [-0.4, -0.2) is 6.54 Å². The molecule has 0 radical (unpaired) electrons. The van der Waals surface area contributed by atoms with Gasteiger partial charge < -0.3 is 5.73 Å². The third-order valence-electron chi connectivity index (χ3n) is 2.06. The van der Waals surface area contributed by atoms with E-state index in [4.69, 9.17) is 5.73 Å². The van der Waals surface area contributed by atoms with E-state index >= 15 is 0 Å². The maximum Gasteiger partial charge on any atom is -0.00489 e. The molecule has 1 rings (SSSR count). The second kappa shape index (κ2) is 14.5. The van der Waals surface area contributed by atoms with E-state index in [9.17, 15) is 0 Å². The normalized spacial score (nSPS) is 16.4. The molecule has 1 saturated carbocycles. The monoisotopic (exact) mass is 187 g/mol. The van der Waals surface area contributed by atoms with E-state index in [1.165, 1.54) is 38.5 Å². The van der Waals surface area contributed by atoms with Gasteiger partial charge in [0, 0.05) is 0 Å². The van der Waals surface area contributed by atoms with Gasteiger partial charge in [-0.2, -0.15) is 0 Å². The molecule has 0 heterocycles. The highest BCUT2D eigenvalue weighted by atomic mass is 14.5. The fourth-order valence-electron chi connectivity index (χ4n) is 1.42. The van der Waals surface area contributed by atoms with Crippen molar-refractivity contribution in [2.75, 3.05) is 6.54 Å². The Morgan fingerprint density at radius 3 is 1.62 bits per heavy atom. The molecule has 0 atom stereocenters. The summed E-state index contributed by atoms with van der Waals surface area (Å²) in [5.41, 5.74) is 5.50. The van der Waals surface area contributed by atoms with Crippen molar-refractivity contribution in [1.82, 2.24) is 0 Å². The molecule has 1 aliphatic carbocycles. The molecule has 0 aliphatic heterocycles. The molecule has 0 aromatic carbocycles. The second-order valence-electron chi connectivity index (χ2n) is 3.45. The van der Waals surface area contributed by atoms with Crippen LogP contribution in [0, 0.1) is 5.92 Å². The van der Waals surface area contributed by atoms with Crippen molar-refractivity contribution < 1.29 is 0 Å². The summed E-state index contributed by atoms with van der Waals surface area (Å²) in [5, 5.41) is 0. The Kier molecular flexibility index (Phi) is 17.2.